The molecule has 0 aliphatic rings. The number of fused-ring (bicyclic) bond motifs is 3. The fraction of sp³-hybridized carbons (Fsp3) is 0.111. The normalized spacial score (nSPS) is 12.6. The zero-order valence-corrected chi connectivity index (χ0v) is 13.7. The average molecular weight is 342 g/mol. The number of hydrogen-bond donors (Lipinski definition) is 0. The van der Waals surface area contributed by atoms with Crippen LogP contribution in [0.25, 0.3) is 22.1 Å². The van der Waals surface area contributed by atoms with E-state index in [0.717, 1.165) is 28.2 Å². The van der Waals surface area contributed by atoms with E-state index in [1.165, 1.54) is 29.5 Å². The molecule has 0 aliphatic carbocycles. The molecule has 0 radical (unpaired) electrons. The van der Waals surface area contributed by atoms with Gasteiger partial charge in [0.15, 0.2) is 4.96 Å². The molecule has 0 unspecified atom stereocenters. The number of benzene rings is 2. The van der Waals surface area contributed by atoms with Gasteiger partial charge < -0.3 is 0 Å². The van der Waals surface area contributed by atoms with Crippen molar-refractivity contribution in [3.8, 4) is 0 Å². The van der Waals surface area contributed by atoms with E-state index in [9.17, 15) is 13.6 Å². The van der Waals surface area contributed by atoms with Gasteiger partial charge in [0.1, 0.15) is 11.6 Å². The summed E-state index contributed by atoms with van der Waals surface area (Å²) in [5.74, 6) is -1.35. The first-order chi connectivity index (χ1) is 11.5. The predicted octanol–water partition coefficient (Wildman–Crippen LogP) is 3.35. The van der Waals surface area contributed by atoms with Crippen LogP contribution in [0, 0.1) is 25.5 Å². The van der Waals surface area contributed by atoms with Crippen LogP contribution < -0.4 is 10.1 Å². The highest BCUT2D eigenvalue weighted by molar-refractivity contribution is 7.15. The number of thiazole rings is 1. The summed E-state index contributed by atoms with van der Waals surface area (Å²) in [6, 6.07) is 7.11. The molecule has 0 atom stereocenters. The lowest BCUT2D eigenvalue weighted by atomic mass is 10.1. The Kier molecular flexibility index (Phi) is 3.25. The molecule has 0 fully saturated rings. The molecule has 0 amide bonds. The minimum Gasteiger partial charge on any atom is -0.267 e. The zero-order valence-electron chi connectivity index (χ0n) is 12.9. The summed E-state index contributed by atoms with van der Waals surface area (Å²) in [6.07, 6.45) is 1.43. The first-order valence-electron chi connectivity index (χ1n) is 7.33. The van der Waals surface area contributed by atoms with Gasteiger partial charge in [0, 0.05) is 11.6 Å². The molecule has 3 nitrogen and oxygen atoms in total. The van der Waals surface area contributed by atoms with Gasteiger partial charge in [-0.3, -0.25) is 4.79 Å². The van der Waals surface area contributed by atoms with Gasteiger partial charge >= 0.3 is 0 Å². The van der Waals surface area contributed by atoms with E-state index in [-0.39, 0.29) is 11.1 Å². The lowest BCUT2D eigenvalue weighted by Crippen LogP contribution is -2.22. The molecule has 2 heterocycles. The van der Waals surface area contributed by atoms with Crippen molar-refractivity contribution >= 4 is 33.4 Å². The quantitative estimate of drug-likeness (QED) is 0.532. The van der Waals surface area contributed by atoms with Crippen LogP contribution in [0.1, 0.15) is 16.7 Å². The van der Waals surface area contributed by atoms with Crippen molar-refractivity contribution in [1.82, 2.24) is 9.38 Å². The number of hydrogen-bond acceptors (Lipinski definition) is 3. The highest BCUT2D eigenvalue weighted by Crippen LogP contribution is 2.22. The Labute approximate surface area is 139 Å². The number of halogens is 2. The SMILES string of the molecule is Cc1ccc2c(nc3s/c(=C/c4ccc(F)cc4F)c(=O)n32)c1C. The standard InChI is InChI=1S/C18H12F2N2OS/c1-9-3-6-14-16(10(9)2)21-18-22(14)17(23)15(24-18)7-11-4-5-12(19)8-13(11)20/h3-8H,1-2H3/b15-7+. The highest BCUT2D eigenvalue weighted by Gasteiger charge is 2.14. The van der Waals surface area contributed by atoms with Crippen LogP contribution in [-0.2, 0) is 0 Å². The van der Waals surface area contributed by atoms with Gasteiger partial charge in [-0.25, -0.2) is 18.2 Å². The van der Waals surface area contributed by atoms with Gasteiger partial charge in [-0.15, -0.1) is 0 Å². The van der Waals surface area contributed by atoms with Crippen LogP contribution in [0.3, 0.4) is 0 Å². The predicted molar refractivity (Wildman–Crippen MR) is 91.5 cm³/mol. The zero-order chi connectivity index (χ0) is 17.0. The fourth-order valence-electron chi connectivity index (χ4n) is 2.72. The van der Waals surface area contributed by atoms with Crippen molar-refractivity contribution in [2.45, 2.75) is 13.8 Å². The minimum absolute atomic E-state index is 0.175. The molecule has 0 bridgehead atoms. The molecular weight excluding hydrogens is 330 g/mol. The van der Waals surface area contributed by atoms with E-state index in [4.69, 9.17) is 0 Å². The number of aryl methyl sites for hydroxylation is 2. The molecule has 6 heteroatoms. The first-order valence-corrected chi connectivity index (χ1v) is 8.15. The molecule has 4 rings (SSSR count). The maximum absolute atomic E-state index is 13.8. The Bertz CT molecular complexity index is 1220. The number of nitrogens with zero attached hydrogens (tertiary/aromatic N) is 2. The molecule has 0 saturated carbocycles. The van der Waals surface area contributed by atoms with Crippen molar-refractivity contribution in [3.63, 3.8) is 0 Å². The van der Waals surface area contributed by atoms with Crippen LogP contribution in [-0.4, -0.2) is 9.38 Å². The maximum atomic E-state index is 13.8. The number of aromatic nitrogens is 2. The molecule has 0 aliphatic heterocycles. The Morgan fingerprint density at radius 2 is 1.96 bits per heavy atom. The molecule has 0 N–H and O–H groups in total. The Morgan fingerprint density at radius 1 is 1.17 bits per heavy atom. The molecular formula is C18H12F2N2OS. The highest BCUT2D eigenvalue weighted by atomic mass is 32.1. The molecule has 0 saturated heterocycles. The fourth-order valence-corrected chi connectivity index (χ4v) is 3.70. The van der Waals surface area contributed by atoms with Gasteiger partial charge in [0.2, 0.25) is 0 Å². The van der Waals surface area contributed by atoms with Crippen molar-refractivity contribution in [2.75, 3.05) is 0 Å². The number of imidazole rings is 1. The van der Waals surface area contributed by atoms with Crippen LogP contribution in [0.15, 0.2) is 35.1 Å². The van der Waals surface area contributed by atoms with Crippen molar-refractivity contribution < 1.29 is 8.78 Å². The smallest absolute Gasteiger partial charge is 0.267 e. The van der Waals surface area contributed by atoms with Gasteiger partial charge in [0.25, 0.3) is 5.56 Å². The Balaban J connectivity index is 2.02. The monoisotopic (exact) mass is 342 g/mol. The van der Waals surface area contributed by atoms with E-state index in [2.05, 4.69) is 4.98 Å². The van der Waals surface area contributed by atoms with Crippen LogP contribution >= 0.6 is 11.3 Å². The van der Waals surface area contributed by atoms with Crippen LogP contribution in [0.2, 0.25) is 0 Å². The lowest BCUT2D eigenvalue weighted by Gasteiger charge is -1.99. The molecule has 0 spiro atoms. The molecule has 4 aromatic rings. The third kappa shape index (κ3) is 2.14. The summed E-state index contributed by atoms with van der Waals surface area (Å²) in [5, 5.41) is 0. The molecule has 2 aromatic heterocycles. The molecule has 120 valence electrons. The van der Waals surface area contributed by atoms with E-state index in [1.54, 1.807) is 4.40 Å². The Hall–Kier alpha value is -2.60. The van der Waals surface area contributed by atoms with E-state index >= 15 is 0 Å². The lowest BCUT2D eigenvalue weighted by molar-refractivity contribution is 0.581. The maximum Gasteiger partial charge on any atom is 0.274 e. The van der Waals surface area contributed by atoms with E-state index in [1.807, 2.05) is 26.0 Å². The second-order valence-corrected chi connectivity index (χ2v) is 6.70. The topological polar surface area (TPSA) is 34.4 Å². The summed E-state index contributed by atoms with van der Waals surface area (Å²) in [4.78, 5) is 17.8. The van der Waals surface area contributed by atoms with E-state index < -0.39 is 11.6 Å². The first kappa shape index (κ1) is 15.0. The van der Waals surface area contributed by atoms with Gasteiger partial charge in [-0.2, -0.15) is 0 Å². The van der Waals surface area contributed by atoms with Crippen LogP contribution in [0.5, 0.6) is 0 Å². The third-order valence-corrected chi connectivity index (χ3v) is 5.15. The second kappa shape index (κ2) is 5.21. The minimum atomic E-state index is -0.697. The average Bonchev–Trinajstić information content (AvgIpc) is 3.04. The summed E-state index contributed by atoms with van der Waals surface area (Å²) in [6.45, 7) is 3.97. The van der Waals surface area contributed by atoms with Crippen molar-refractivity contribution in [3.05, 3.63) is 73.5 Å². The summed E-state index contributed by atoms with van der Waals surface area (Å²) >= 11 is 1.20. The van der Waals surface area contributed by atoms with E-state index in [0.29, 0.717) is 9.49 Å². The van der Waals surface area contributed by atoms with Gasteiger partial charge in [-0.05, 0) is 49.2 Å². The van der Waals surface area contributed by atoms with Gasteiger partial charge in [0.05, 0.1) is 15.6 Å². The number of rotatable bonds is 1. The molecule has 2 aromatic carbocycles. The summed E-state index contributed by atoms with van der Waals surface area (Å²) in [7, 11) is 0. The second-order valence-electron chi connectivity index (χ2n) is 5.69. The van der Waals surface area contributed by atoms with Crippen molar-refractivity contribution in [1.29, 1.82) is 0 Å². The summed E-state index contributed by atoms with van der Waals surface area (Å²) < 4.78 is 28.7. The third-order valence-electron chi connectivity index (χ3n) is 4.18. The Morgan fingerprint density at radius 3 is 2.71 bits per heavy atom. The van der Waals surface area contributed by atoms with Gasteiger partial charge in [-0.1, -0.05) is 17.4 Å². The van der Waals surface area contributed by atoms with Crippen molar-refractivity contribution in [2.24, 2.45) is 0 Å². The summed E-state index contributed by atoms with van der Waals surface area (Å²) in [5.41, 5.74) is 3.63. The largest absolute Gasteiger partial charge is 0.274 e. The molecule has 24 heavy (non-hydrogen) atoms. The van der Waals surface area contributed by atoms with Crippen LogP contribution in [0.4, 0.5) is 8.78 Å².